The van der Waals surface area contributed by atoms with E-state index in [-0.39, 0.29) is 10.9 Å². The Bertz CT molecular complexity index is 593. The lowest BCUT2D eigenvalue weighted by molar-refractivity contribution is 0.365. The molecule has 0 radical (unpaired) electrons. The Labute approximate surface area is 126 Å². The summed E-state index contributed by atoms with van der Waals surface area (Å²) < 4.78 is 40.8. The molecule has 1 atom stereocenters. The Morgan fingerprint density at radius 3 is 2.52 bits per heavy atom. The van der Waals surface area contributed by atoms with Crippen LogP contribution in [0.4, 0.5) is 4.39 Å². The zero-order valence-electron chi connectivity index (χ0n) is 12.6. The van der Waals surface area contributed by atoms with Crippen LogP contribution in [-0.2, 0) is 10.0 Å². The molecule has 1 saturated heterocycles. The Balaban J connectivity index is 2.38. The highest BCUT2D eigenvalue weighted by molar-refractivity contribution is 7.89. The van der Waals surface area contributed by atoms with Crippen molar-refractivity contribution in [1.82, 2.24) is 4.31 Å². The highest BCUT2D eigenvalue weighted by Gasteiger charge is 2.36. The lowest BCUT2D eigenvalue weighted by atomic mass is 10.1. The van der Waals surface area contributed by atoms with Gasteiger partial charge in [0.1, 0.15) is 5.82 Å². The maximum atomic E-state index is 13.4. The van der Waals surface area contributed by atoms with Crippen LogP contribution in [-0.4, -0.2) is 31.9 Å². The largest absolute Gasteiger partial charge is 0.330 e. The number of hydrogen-bond acceptors (Lipinski definition) is 3. The van der Waals surface area contributed by atoms with E-state index in [2.05, 4.69) is 0 Å². The van der Waals surface area contributed by atoms with Crippen molar-refractivity contribution in [1.29, 1.82) is 0 Å². The minimum atomic E-state index is -3.57. The average Bonchev–Trinajstić information content (AvgIpc) is 2.83. The molecule has 0 saturated carbocycles. The van der Waals surface area contributed by atoms with Gasteiger partial charge in [0.25, 0.3) is 0 Å². The van der Waals surface area contributed by atoms with Crippen molar-refractivity contribution in [2.24, 2.45) is 5.73 Å². The van der Waals surface area contributed by atoms with Gasteiger partial charge >= 0.3 is 0 Å². The van der Waals surface area contributed by atoms with Gasteiger partial charge in [0.2, 0.25) is 10.0 Å². The fourth-order valence-electron chi connectivity index (χ4n) is 3.19. The van der Waals surface area contributed by atoms with E-state index in [0.717, 1.165) is 25.7 Å². The van der Waals surface area contributed by atoms with Crippen LogP contribution in [0, 0.1) is 19.7 Å². The maximum Gasteiger partial charge on any atom is 0.243 e. The Hall–Kier alpha value is -0.980. The van der Waals surface area contributed by atoms with Gasteiger partial charge in [0.15, 0.2) is 0 Å². The van der Waals surface area contributed by atoms with Crippen molar-refractivity contribution in [2.75, 3.05) is 13.1 Å². The van der Waals surface area contributed by atoms with E-state index >= 15 is 0 Å². The maximum absolute atomic E-state index is 13.4. The molecule has 1 unspecified atom stereocenters. The highest BCUT2D eigenvalue weighted by Crippen LogP contribution is 2.31. The number of hydrogen-bond donors (Lipinski definition) is 1. The van der Waals surface area contributed by atoms with Crippen molar-refractivity contribution in [3.8, 4) is 0 Å². The van der Waals surface area contributed by atoms with Crippen molar-refractivity contribution in [3.05, 3.63) is 29.1 Å². The number of nitrogens with zero attached hydrogens (tertiary/aromatic N) is 1. The minimum Gasteiger partial charge on any atom is -0.330 e. The third-order valence-electron chi connectivity index (χ3n) is 4.06. The van der Waals surface area contributed by atoms with Gasteiger partial charge in [-0.25, -0.2) is 12.8 Å². The highest BCUT2D eigenvalue weighted by atomic mass is 32.2. The first kappa shape index (κ1) is 16.4. The van der Waals surface area contributed by atoms with Gasteiger partial charge in [-0.05, 0) is 69.3 Å². The standard InChI is InChI=1S/C15H23FN2O2S/c1-11-9-13(16)10-12(2)15(11)21(19,20)18-8-4-6-14(18)5-3-7-17/h9-10,14H,3-8,17H2,1-2H3. The second-order valence-electron chi connectivity index (χ2n) is 5.71. The molecule has 118 valence electrons. The molecule has 1 heterocycles. The molecule has 0 bridgehead atoms. The van der Waals surface area contributed by atoms with E-state index in [4.69, 9.17) is 5.73 Å². The second kappa shape index (κ2) is 6.42. The molecule has 0 spiro atoms. The van der Waals surface area contributed by atoms with Crippen LogP contribution in [0.1, 0.15) is 36.8 Å². The Kier molecular flexibility index (Phi) is 5.01. The molecule has 1 aromatic carbocycles. The summed E-state index contributed by atoms with van der Waals surface area (Å²) in [6.45, 7) is 4.40. The number of aryl methyl sites for hydroxylation is 2. The molecule has 4 nitrogen and oxygen atoms in total. The molecule has 2 rings (SSSR count). The summed E-state index contributed by atoms with van der Waals surface area (Å²) in [7, 11) is -3.57. The van der Waals surface area contributed by atoms with Crippen LogP contribution in [0.25, 0.3) is 0 Å². The van der Waals surface area contributed by atoms with E-state index in [0.29, 0.717) is 24.2 Å². The van der Waals surface area contributed by atoms with Crippen LogP contribution < -0.4 is 5.73 Å². The smallest absolute Gasteiger partial charge is 0.243 e. The number of benzene rings is 1. The third kappa shape index (κ3) is 3.27. The fraction of sp³-hybridized carbons (Fsp3) is 0.600. The Morgan fingerprint density at radius 2 is 1.95 bits per heavy atom. The topological polar surface area (TPSA) is 63.4 Å². The summed E-state index contributed by atoms with van der Waals surface area (Å²) in [6.07, 6.45) is 3.35. The van der Waals surface area contributed by atoms with Gasteiger partial charge in [-0.15, -0.1) is 0 Å². The third-order valence-corrected chi connectivity index (χ3v) is 6.31. The molecular weight excluding hydrogens is 291 g/mol. The van der Waals surface area contributed by atoms with Gasteiger partial charge in [-0.3, -0.25) is 0 Å². The van der Waals surface area contributed by atoms with E-state index in [1.165, 1.54) is 12.1 Å². The molecule has 6 heteroatoms. The van der Waals surface area contributed by atoms with Crippen LogP contribution in [0.2, 0.25) is 0 Å². The first-order chi connectivity index (χ1) is 9.87. The molecule has 0 aromatic heterocycles. The molecule has 1 aliphatic heterocycles. The molecule has 1 fully saturated rings. The van der Waals surface area contributed by atoms with Crippen molar-refractivity contribution in [3.63, 3.8) is 0 Å². The van der Waals surface area contributed by atoms with Crippen molar-refractivity contribution in [2.45, 2.75) is 50.5 Å². The van der Waals surface area contributed by atoms with Crippen molar-refractivity contribution >= 4 is 10.0 Å². The average molecular weight is 314 g/mol. The number of rotatable bonds is 5. The van der Waals surface area contributed by atoms with Gasteiger partial charge < -0.3 is 5.73 Å². The summed E-state index contributed by atoms with van der Waals surface area (Å²) in [5, 5.41) is 0. The fourth-order valence-corrected chi connectivity index (χ4v) is 5.33. The molecule has 2 N–H and O–H groups in total. The first-order valence-corrected chi connectivity index (χ1v) is 8.80. The summed E-state index contributed by atoms with van der Waals surface area (Å²) >= 11 is 0. The molecule has 0 aliphatic carbocycles. The van der Waals surface area contributed by atoms with Crippen molar-refractivity contribution < 1.29 is 12.8 Å². The van der Waals surface area contributed by atoms with Gasteiger partial charge in [-0.1, -0.05) is 0 Å². The van der Waals surface area contributed by atoms with Crippen LogP contribution in [0.15, 0.2) is 17.0 Å². The summed E-state index contributed by atoms with van der Waals surface area (Å²) in [5.41, 5.74) is 6.47. The van der Waals surface area contributed by atoms with Crippen LogP contribution in [0.5, 0.6) is 0 Å². The van der Waals surface area contributed by atoms with Gasteiger partial charge in [0.05, 0.1) is 4.90 Å². The molecule has 1 aliphatic rings. The van der Waals surface area contributed by atoms with E-state index in [1.807, 2.05) is 0 Å². The summed E-state index contributed by atoms with van der Waals surface area (Å²) in [4.78, 5) is 0.253. The molecule has 1 aromatic rings. The number of halogens is 1. The SMILES string of the molecule is Cc1cc(F)cc(C)c1S(=O)(=O)N1CCCC1CCCN. The quantitative estimate of drug-likeness (QED) is 0.907. The zero-order valence-corrected chi connectivity index (χ0v) is 13.4. The van der Waals surface area contributed by atoms with E-state index < -0.39 is 15.8 Å². The first-order valence-electron chi connectivity index (χ1n) is 7.36. The minimum absolute atomic E-state index is 0.0161. The van der Waals surface area contributed by atoms with Crippen LogP contribution in [0.3, 0.4) is 0 Å². The molecule has 21 heavy (non-hydrogen) atoms. The van der Waals surface area contributed by atoms with Gasteiger partial charge in [0, 0.05) is 12.6 Å². The predicted molar refractivity (Wildman–Crippen MR) is 81.1 cm³/mol. The predicted octanol–water partition coefficient (Wildman–Crippen LogP) is 2.33. The van der Waals surface area contributed by atoms with E-state index in [9.17, 15) is 12.8 Å². The van der Waals surface area contributed by atoms with Crippen LogP contribution >= 0.6 is 0 Å². The monoisotopic (exact) mass is 314 g/mol. The lowest BCUT2D eigenvalue weighted by Gasteiger charge is -2.25. The van der Waals surface area contributed by atoms with Gasteiger partial charge in [-0.2, -0.15) is 4.31 Å². The zero-order chi connectivity index (χ0) is 15.6. The van der Waals surface area contributed by atoms with E-state index in [1.54, 1.807) is 18.2 Å². The lowest BCUT2D eigenvalue weighted by Crippen LogP contribution is -2.36. The number of sulfonamides is 1. The molecule has 0 amide bonds. The summed E-state index contributed by atoms with van der Waals surface area (Å²) in [6, 6.07) is 2.58. The molecular formula is C15H23FN2O2S. The number of nitrogens with two attached hydrogens (primary N) is 1. The second-order valence-corrected chi connectivity index (χ2v) is 7.54. The normalized spacial score (nSPS) is 20.1. The Morgan fingerprint density at radius 1 is 1.33 bits per heavy atom. The summed E-state index contributed by atoms with van der Waals surface area (Å²) in [5.74, 6) is -0.398.